The van der Waals surface area contributed by atoms with Gasteiger partial charge >= 0.3 is 11.9 Å². The number of carbonyl (C=O) groups is 5. The molecule has 0 saturated carbocycles. The Morgan fingerprint density at radius 3 is 2.47 bits per heavy atom. The zero-order chi connectivity index (χ0) is 24.9. The van der Waals surface area contributed by atoms with Crippen LogP contribution in [0.5, 0.6) is 0 Å². The molecule has 0 bridgehead atoms. The minimum absolute atomic E-state index is 0.00434. The van der Waals surface area contributed by atoms with Crippen LogP contribution < -0.4 is 21.3 Å². The second-order valence-corrected chi connectivity index (χ2v) is 7.96. The molecular formula is C23H32N4O7. The van der Waals surface area contributed by atoms with Gasteiger partial charge in [-0.2, -0.15) is 0 Å². The molecule has 1 heterocycles. The van der Waals surface area contributed by atoms with Gasteiger partial charge in [-0.15, -0.1) is 0 Å². The number of aliphatic carboxylic acids is 1. The maximum absolute atomic E-state index is 13.1. The van der Waals surface area contributed by atoms with Crippen LogP contribution in [0, 0.1) is 0 Å². The van der Waals surface area contributed by atoms with Gasteiger partial charge in [0, 0.05) is 19.9 Å². The lowest BCUT2D eigenvalue weighted by molar-refractivity contribution is -0.145. The average molecular weight is 477 g/mol. The Morgan fingerprint density at radius 2 is 1.79 bits per heavy atom. The van der Waals surface area contributed by atoms with Crippen LogP contribution >= 0.6 is 0 Å². The van der Waals surface area contributed by atoms with Crippen molar-refractivity contribution in [3.63, 3.8) is 0 Å². The zero-order valence-electron chi connectivity index (χ0n) is 19.2. The Labute approximate surface area is 198 Å². The molecular weight excluding hydrogens is 444 g/mol. The van der Waals surface area contributed by atoms with Gasteiger partial charge in [-0.05, 0) is 31.2 Å². The highest BCUT2D eigenvalue weighted by atomic mass is 16.5. The minimum atomic E-state index is -1.19. The highest BCUT2D eigenvalue weighted by Gasteiger charge is 2.30. The SMILES string of the molecule is CNC(=O)C1CCC(=O)OCCNC(=O)CC[C@H](C(=O)O)NC(CCc2ccccc2)C(=O)N1. The molecule has 2 unspecified atom stereocenters. The number of esters is 1. The van der Waals surface area contributed by atoms with E-state index in [0.29, 0.717) is 6.42 Å². The average Bonchev–Trinajstić information content (AvgIpc) is 2.83. The number of rotatable bonds is 5. The van der Waals surface area contributed by atoms with Crippen LogP contribution in [0.1, 0.15) is 37.7 Å². The summed E-state index contributed by atoms with van der Waals surface area (Å²) in [5, 5.41) is 20.2. The molecule has 34 heavy (non-hydrogen) atoms. The van der Waals surface area contributed by atoms with Crippen molar-refractivity contribution < 1.29 is 33.8 Å². The van der Waals surface area contributed by atoms with E-state index < -0.39 is 41.9 Å². The van der Waals surface area contributed by atoms with E-state index in [4.69, 9.17) is 4.74 Å². The van der Waals surface area contributed by atoms with Gasteiger partial charge in [0.2, 0.25) is 17.7 Å². The number of amides is 3. The standard InChI is InChI=1S/C23H32N4O7/c1-24-21(30)16-10-12-20(29)34-14-13-25-19(28)11-9-18(23(32)33)26-17(22(31)27-16)8-7-15-5-3-2-4-6-15/h2-6,16-18,26H,7-14H2,1H3,(H,24,30)(H,25,28)(H,27,31)(H,32,33)/t16?,17?,18-/m1/s1. The van der Waals surface area contributed by atoms with Gasteiger partial charge in [0.25, 0.3) is 0 Å². The lowest BCUT2D eigenvalue weighted by Crippen LogP contribution is -2.55. The van der Waals surface area contributed by atoms with Crippen LogP contribution in [-0.4, -0.2) is 73.1 Å². The van der Waals surface area contributed by atoms with Crippen molar-refractivity contribution >= 4 is 29.7 Å². The summed E-state index contributed by atoms with van der Waals surface area (Å²) >= 11 is 0. The Balaban J connectivity index is 2.24. The summed E-state index contributed by atoms with van der Waals surface area (Å²) in [6, 6.07) is 6.28. The summed E-state index contributed by atoms with van der Waals surface area (Å²) in [6.45, 7) is 0.0365. The number of carboxylic acids is 1. The molecule has 0 spiro atoms. The molecule has 1 aliphatic rings. The highest BCUT2D eigenvalue weighted by molar-refractivity contribution is 5.90. The van der Waals surface area contributed by atoms with Crippen LogP contribution in [0.3, 0.4) is 0 Å². The third-order valence-electron chi connectivity index (χ3n) is 5.45. The quantitative estimate of drug-likeness (QED) is 0.355. The maximum atomic E-state index is 13.1. The maximum Gasteiger partial charge on any atom is 0.320 e. The number of cyclic esters (lactones) is 1. The molecule has 1 aromatic rings. The van der Waals surface area contributed by atoms with Gasteiger partial charge in [-0.3, -0.25) is 29.3 Å². The highest BCUT2D eigenvalue weighted by Crippen LogP contribution is 2.10. The van der Waals surface area contributed by atoms with Crippen LogP contribution in [0.2, 0.25) is 0 Å². The molecule has 186 valence electrons. The molecule has 1 aliphatic heterocycles. The summed E-state index contributed by atoms with van der Waals surface area (Å²) in [6.07, 6.45) is 0.487. The largest absolute Gasteiger partial charge is 0.480 e. The van der Waals surface area contributed by atoms with E-state index >= 15 is 0 Å². The molecule has 3 atom stereocenters. The lowest BCUT2D eigenvalue weighted by Gasteiger charge is -2.25. The number of aryl methyl sites for hydroxylation is 1. The van der Waals surface area contributed by atoms with Crippen molar-refractivity contribution in [2.45, 2.75) is 56.7 Å². The van der Waals surface area contributed by atoms with Gasteiger partial charge < -0.3 is 25.8 Å². The molecule has 1 aromatic carbocycles. The van der Waals surface area contributed by atoms with Gasteiger partial charge in [0.05, 0.1) is 12.6 Å². The predicted octanol–water partition coefficient (Wildman–Crippen LogP) is -0.505. The molecule has 1 saturated heterocycles. The second kappa shape index (κ2) is 13.9. The van der Waals surface area contributed by atoms with E-state index in [-0.39, 0.29) is 51.2 Å². The monoisotopic (exact) mass is 476 g/mol. The first-order chi connectivity index (χ1) is 16.3. The first-order valence-electron chi connectivity index (χ1n) is 11.3. The summed E-state index contributed by atoms with van der Waals surface area (Å²) in [5.41, 5.74) is 0.959. The summed E-state index contributed by atoms with van der Waals surface area (Å²) in [5.74, 6) is -3.19. The number of carbonyl (C=O) groups excluding carboxylic acids is 4. The molecule has 11 heteroatoms. The predicted molar refractivity (Wildman–Crippen MR) is 122 cm³/mol. The number of carboxylic acid groups (broad SMARTS) is 1. The van der Waals surface area contributed by atoms with Gasteiger partial charge in [0.1, 0.15) is 18.7 Å². The van der Waals surface area contributed by atoms with E-state index in [9.17, 15) is 29.1 Å². The summed E-state index contributed by atoms with van der Waals surface area (Å²) < 4.78 is 5.04. The number of nitrogens with one attached hydrogen (secondary N) is 4. The second-order valence-electron chi connectivity index (χ2n) is 7.96. The van der Waals surface area contributed by atoms with E-state index in [1.165, 1.54) is 7.05 Å². The van der Waals surface area contributed by atoms with Crippen molar-refractivity contribution in [1.82, 2.24) is 21.3 Å². The fraction of sp³-hybridized carbons (Fsp3) is 0.522. The number of ether oxygens (including phenoxy) is 1. The number of hydrogen-bond acceptors (Lipinski definition) is 7. The Bertz CT molecular complexity index is 862. The molecule has 3 amide bonds. The fourth-order valence-electron chi connectivity index (χ4n) is 3.54. The van der Waals surface area contributed by atoms with E-state index in [2.05, 4.69) is 21.3 Å². The van der Waals surface area contributed by atoms with Crippen molar-refractivity contribution in [2.75, 3.05) is 20.2 Å². The number of hydrogen-bond donors (Lipinski definition) is 5. The zero-order valence-corrected chi connectivity index (χ0v) is 19.2. The van der Waals surface area contributed by atoms with Gasteiger partial charge in [0.15, 0.2) is 0 Å². The van der Waals surface area contributed by atoms with Crippen molar-refractivity contribution in [2.24, 2.45) is 0 Å². The van der Waals surface area contributed by atoms with E-state index in [0.717, 1.165) is 5.56 Å². The molecule has 0 radical (unpaired) electrons. The Hall–Kier alpha value is -3.47. The van der Waals surface area contributed by atoms with Crippen LogP contribution in [0.4, 0.5) is 0 Å². The van der Waals surface area contributed by atoms with Crippen LogP contribution in [-0.2, 0) is 35.1 Å². The van der Waals surface area contributed by atoms with Crippen LogP contribution in [0.25, 0.3) is 0 Å². The minimum Gasteiger partial charge on any atom is -0.480 e. The number of benzene rings is 1. The molecule has 1 fully saturated rings. The summed E-state index contributed by atoms with van der Waals surface area (Å²) in [7, 11) is 1.42. The number of likely N-dealkylation sites (N-methyl/N-ethyl adjacent to an activating group) is 1. The van der Waals surface area contributed by atoms with Crippen molar-refractivity contribution in [1.29, 1.82) is 0 Å². The van der Waals surface area contributed by atoms with Crippen molar-refractivity contribution in [3.8, 4) is 0 Å². The first-order valence-corrected chi connectivity index (χ1v) is 11.3. The third-order valence-corrected chi connectivity index (χ3v) is 5.45. The normalized spacial score (nSPS) is 23.2. The van der Waals surface area contributed by atoms with Gasteiger partial charge in [-0.25, -0.2) is 0 Å². The molecule has 2 rings (SSSR count). The van der Waals surface area contributed by atoms with Crippen LogP contribution in [0.15, 0.2) is 30.3 Å². The van der Waals surface area contributed by atoms with Gasteiger partial charge in [-0.1, -0.05) is 30.3 Å². The Kier molecular flexibility index (Phi) is 11.0. The Morgan fingerprint density at radius 1 is 1.09 bits per heavy atom. The molecule has 11 nitrogen and oxygen atoms in total. The topological polar surface area (TPSA) is 163 Å². The van der Waals surface area contributed by atoms with Crippen molar-refractivity contribution in [3.05, 3.63) is 35.9 Å². The van der Waals surface area contributed by atoms with E-state index in [1.54, 1.807) is 0 Å². The molecule has 0 aliphatic carbocycles. The smallest absolute Gasteiger partial charge is 0.320 e. The lowest BCUT2D eigenvalue weighted by atomic mass is 10.0. The fourth-order valence-corrected chi connectivity index (χ4v) is 3.54. The summed E-state index contributed by atoms with van der Waals surface area (Å²) in [4.78, 5) is 61.3. The molecule has 0 aromatic heterocycles. The first kappa shape index (κ1) is 26.8. The van der Waals surface area contributed by atoms with E-state index in [1.807, 2.05) is 30.3 Å². The molecule has 5 N–H and O–H groups in total. The third kappa shape index (κ3) is 9.18.